The predicted octanol–water partition coefficient (Wildman–Crippen LogP) is 5.85. The van der Waals surface area contributed by atoms with Crippen molar-refractivity contribution in [3.8, 4) is 5.75 Å². The minimum atomic E-state index is -4.34. The summed E-state index contributed by atoms with van der Waals surface area (Å²) in [5.74, 6) is -1.15. The van der Waals surface area contributed by atoms with Gasteiger partial charge in [-0.05, 0) is 72.1 Å². The van der Waals surface area contributed by atoms with Crippen molar-refractivity contribution in [1.29, 1.82) is 0 Å². The molecule has 0 spiro atoms. The van der Waals surface area contributed by atoms with E-state index in [2.05, 4.69) is 5.32 Å². The van der Waals surface area contributed by atoms with E-state index in [0.29, 0.717) is 29.3 Å². The van der Waals surface area contributed by atoms with Crippen LogP contribution in [0.25, 0.3) is 0 Å². The van der Waals surface area contributed by atoms with E-state index in [1.54, 1.807) is 24.3 Å². The Bertz CT molecular complexity index is 1690. The lowest BCUT2D eigenvalue weighted by Crippen LogP contribution is -2.53. The van der Waals surface area contributed by atoms with Gasteiger partial charge < -0.3 is 15.0 Å². The molecule has 4 aromatic carbocycles. The fraction of sp³-hybridized carbons (Fsp3) is 0.235. The quantitative estimate of drug-likeness (QED) is 0.185. The van der Waals surface area contributed by atoms with Gasteiger partial charge in [-0.15, -0.1) is 0 Å². The summed E-state index contributed by atoms with van der Waals surface area (Å²) in [5, 5.41) is 3.29. The summed E-state index contributed by atoms with van der Waals surface area (Å²) in [4.78, 5) is 29.3. The summed E-state index contributed by atoms with van der Waals surface area (Å²) >= 11 is 6.50. The minimum Gasteiger partial charge on any atom is -0.497 e. The molecule has 0 aliphatic heterocycles. The van der Waals surface area contributed by atoms with E-state index in [0.717, 1.165) is 22.0 Å². The molecule has 1 atom stereocenters. The summed E-state index contributed by atoms with van der Waals surface area (Å²) in [6.45, 7) is 1.59. The van der Waals surface area contributed by atoms with Crippen LogP contribution in [-0.2, 0) is 32.6 Å². The summed E-state index contributed by atoms with van der Waals surface area (Å²) in [6.07, 6.45) is 0.856. The first-order chi connectivity index (χ1) is 21.6. The first kappa shape index (κ1) is 33.5. The molecule has 11 heteroatoms. The maximum absolute atomic E-state index is 14.4. The van der Waals surface area contributed by atoms with Crippen molar-refractivity contribution >= 4 is 39.1 Å². The number of anilines is 1. The molecule has 0 saturated heterocycles. The topological polar surface area (TPSA) is 96.0 Å². The molecular formula is C34H35ClFN3O5S. The van der Waals surface area contributed by atoms with Crippen molar-refractivity contribution in [3.63, 3.8) is 0 Å². The van der Waals surface area contributed by atoms with Crippen LogP contribution >= 0.6 is 11.6 Å². The molecule has 0 aliphatic carbocycles. The van der Waals surface area contributed by atoms with Gasteiger partial charge in [0.1, 0.15) is 24.2 Å². The van der Waals surface area contributed by atoms with Gasteiger partial charge >= 0.3 is 0 Å². The van der Waals surface area contributed by atoms with Crippen molar-refractivity contribution in [2.45, 2.75) is 37.2 Å². The zero-order valence-corrected chi connectivity index (χ0v) is 26.6. The van der Waals surface area contributed by atoms with Crippen LogP contribution in [0.2, 0.25) is 5.02 Å². The van der Waals surface area contributed by atoms with Crippen molar-refractivity contribution in [2.75, 3.05) is 24.5 Å². The smallest absolute Gasteiger partial charge is 0.264 e. The highest BCUT2D eigenvalue weighted by atomic mass is 35.5. The van der Waals surface area contributed by atoms with Gasteiger partial charge in [-0.25, -0.2) is 12.8 Å². The van der Waals surface area contributed by atoms with Gasteiger partial charge in [0, 0.05) is 24.5 Å². The molecule has 2 amide bonds. The summed E-state index contributed by atoms with van der Waals surface area (Å²) < 4.78 is 48.1. The third-order valence-corrected chi connectivity index (χ3v) is 9.32. The molecular weight excluding hydrogens is 617 g/mol. The second kappa shape index (κ2) is 15.5. The highest BCUT2D eigenvalue weighted by molar-refractivity contribution is 7.92. The summed E-state index contributed by atoms with van der Waals surface area (Å²) in [5.41, 5.74) is 1.47. The molecule has 0 aromatic heterocycles. The summed E-state index contributed by atoms with van der Waals surface area (Å²) in [6, 6.07) is 25.8. The maximum Gasteiger partial charge on any atom is 0.264 e. The second-order valence-corrected chi connectivity index (χ2v) is 12.5. The van der Waals surface area contributed by atoms with Crippen LogP contribution in [0.15, 0.2) is 108 Å². The minimum absolute atomic E-state index is 0.0601. The average molecular weight is 652 g/mol. The van der Waals surface area contributed by atoms with E-state index in [1.165, 1.54) is 48.4 Å². The normalized spacial score (nSPS) is 11.8. The number of hydrogen-bond donors (Lipinski definition) is 1. The number of nitrogens with one attached hydrogen (secondary N) is 1. The van der Waals surface area contributed by atoms with Gasteiger partial charge in [-0.3, -0.25) is 13.9 Å². The Balaban J connectivity index is 1.80. The number of carbonyl (C=O) groups excluding carboxylic acids is 2. The third kappa shape index (κ3) is 8.61. The van der Waals surface area contributed by atoms with Crippen molar-refractivity contribution < 1.29 is 27.1 Å². The number of rotatable bonds is 14. The molecule has 4 aromatic rings. The molecule has 0 unspecified atom stereocenters. The lowest BCUT2D eigenvalue weighted by Gasteiger charge is -2.34. The Hall–Kier alpha value is -4.41. The van der Waals surface area contributed by atoms with Crippen LogP contribution in [0, 0.1) is 5.82 Å². The standard InChI is InChI=1S/C34H35ClFN3O5S/c1-3-21-37-34(41)32(22-25-9-5-4-6-10-25)38(23-26-11-7-8-12-31(26)35)33(40)24-39(28-15-13-27(36)14-16-28)45(42,43)30-19-17-29(44-2)18-20-30/h4-20,32H,3,21-24H2,1-2H3,(H,37,41)/t32-/m1/s1. The van der Waals surface area contributed by atoms with E-state index < -0.39 is 34.3 Å². The molecule has 0 aliphatic rings. The van der Waals surface area contributed by atoms with Crippen molar-refractivity contribution in [3.05, 3.63) is 125 Å². The zero-order chi connectivity index (χ0) is 32.4. The number of nitrogens with zero attached hydrogens (tertiary/aromatic N) is 2. The SMILES string of the molecule is CCCNC(=O)[C@@H](Cc1ccccc1)N(Cc1ccccc1Cl)C(=O)CN(c1ccc(F)cc1)S(=O)(=O)c1ccc(OC)cc1. The largest absolute Gasteiger partial charge is 0.497 e. The predicted molar refractivity (Wildman–Crippen MR) is 173 cm³/mol. The van der Waals surface area contributed by atoms with E-state index in [4.69, 9.17) is 16.3 Å². The maximum atomic E-state index is 14.4. The Kier molecular flexibility index (Phi) is 11.6. The number of amides is 2. The lowest BCUT2D eigenvalue weighted by atomic mass is 10.0. The van der Waals surface area contributed by atoms with Gasteiger partial charge in [-0.2, -0.15) is 0 Å². The molecule has 8 nitrogen and oxygen atoms in total. The summed E-state index contributed by atoms with van der Waals surface area (Å²) in [7, 11) is -2.88. The molecule has 45 heavy (non-hydrogen) atoms. The van der Waals surface area contributed by atoms with Gasteiger partial charge in [-0.1, -0.05) is 67.1 Å². The van der Waals surface area contributed by atoms with Gasteiger partial charge in [0.2, 0.25) is 11.8 Å². The Morgan fingerprint density at radius 1 is 0.911 bits per heavy atom. The molecule has 0 radical (unpaired) electrons. The van der Waals surface area contributed by atoms with Gasteiger partial charge in [0.15, 0.2) is 0 Å². The number of carbonyl (C=O) groups is 2. The molecule has 0 bridgehead atoms. The third-order valence-electron chi connectivity index (χ3n) is 7.16. The van der Waals surface area contributed by atoms with E-state index >= 15 is 0 Å². The Morgan fingerprint density at radius 2 is 1.56 bits per heavy atom. The number of ether oxygens (including phenoxy) is 1. The fourth-order valence-corrected chi connectivity index (χ4v) is 6.35. The van der Waals surface area contributed by atoms with E-state index in [1.807, 2.05) is 37.3 Å². The number of halogens is 2. The van der Waals surface area contributed by atoms with Crippen molar-refractivity contribution in [1.82, 2.24) is 10.2 Å². The van der Waals surface area contributed by atoms with E-state index in [9.17, 15) is 22.4 Å². The Morgan fingerprint density at radius 3 is 2.18 bits per heavy atom. The van der Waals surface area contributed by atoms with Crippen LogP contribution in [0.4, 0.5) is 10.1 Å². The molecule has 1 N–H and O–H groups in total. The number of methoxy groups -OCH3 is 1. The molecule has 4 rings (SSSR count). The zero-order valence-electron chi connectivity index (χ0n) is 25.0. The second-order valence-electron chi connectivity index (χ2n) is 10.3. The first-order valence-corrected chi connectivity index (χ1v) is 16.2. The fourth-order valence-electron chi connectivity index (χ4n) is 4.74. The highest BCUT2D eigenvalue weighted by Crippen LogP contribution is 2.27. The highest BCUT2D eigenvalue weighted by Gasteiger charge is 2.35. The number of benzene rings is 4. The van der Waals surface area contributed by atoms with Crippen LogP contribution in [0.1, 0.15) is 24.5 Å². The van der Waals surface area contributed by atoms with E-state index in [-0.39, 0.29) is 29.5 Å². The first-order valence-electron chi connectivity index (χ1n) is 14.4. The van der Waals surface area contributed by atoms with Crippen LogP contribution in [0.3, 0.4) is 0 Å². The molecule has 0 heterocycles. The molecule has 0 saturated carbocycles. The molecule has 0 fully saturated rings. The van der Waals surface area contributed by atoms with Crippen LogP contribution < -0.4 is 14.4 Å². The van der Waals surface area contributed by atoms with Crippen molar-refractivity contribution in [2.24, 2.45) is 0 Å². The Labute approximate surface area is 268 Å². The average Bonchev–Trinajstić information content (AvgIpc) is 3.05. The van der Waals surface area contributed by atoms with Crippen LogP contribution in [-0.4, -0.2) is 51.4 Å². The van der Waals surface area contributed by atoms with Gasteiger partial charge in [0.05, 0.1) is 17.7 Å². The number of hydrogen-bond acceptors (Lipinski definition) is 5. The monoisotopic (exact) mass is 651 g/mol. The molecule has 236 valence electrons. The van der Waals surface area contributed by atoms with Crippen LogP contribution in [0.5, 0.6) is 5.75 Å². The lowest BCUT2D eigenvalue weighted by molar-refractivity contribution is -0.140. The van der Waals surface area contributed by atoms with Gasteiger partial charge in [0.25, 0.3) is 10.0 Å². The number of sulfonamides is 1.